The Kier molecular flexibility index (Phi) is 5.57. The lowest BCUT2D eigenvalue weighted by Gasteiger charge is -2.20. The molecular weight excluding hydrogens is 381 g/mol. The average Bonchev–Trinajstić information content (AvgIpc) is 3.22. The van der Waals surface area contributed by atoms with Crippen molar-refractivity contribution in [3.05, 3.63) is 33.9 Å². The van der Waals surface area contributed by atoms with Crippen LogP contribution in [0.5, 0.6) is 0 Å². The number of nitrogens with zero attached hydrogens (tertiary/aromatic N) is 1. The first kappa shape index (κ1) is 20.1. The highest BCUT2D eigenvalue weighted by atomic mass is 19.4. The first-order valence-corrected chi connectivity index (χ1v) is 8.94. The predicted octanol–water partition coefficient (Wildman–Crippen LogP) is 3.92. The van der Waals surface area contributed by atoms with Crippen molar-refractivity contribution in [1.29, 1.82) is 0 Å². The molecule has 2 saturated carbocycles. The Bertz CT molecular complexity index is 796. The van der Waals surface area contributed by atoms with Gasteiger partial charge in [-0.25, -0.2) is 0 Å². The van der Waals surface area contributed by atoms with Gasteiger partial charge in [0.05, 0.1) is 16.2 Å². The van der Waals surface area contributed by atoms with Gasteiger partial charge in [0.1, 0.15) is 0 Å². The molecule has 7 nitrogen and oxygen atoms in total. The average molecular weight is 400 g/mol. The number of benzene rings is 1. The summed E-state index contributed by atoms with van der Waals surface area (Å²) in [5, 5.41) is 12.7. The maximum absolute atomic E-state index is 13.1. The van der Waals surface area contributed by atoms with E-state index in [0.717, 1.165) is 31.4 Å². The summed E-state index contributed by atoms with van der Waals surface area (Å²) in [6.45, 7) is -0.714. The number of nitrogens with one attached hydrogen (secondary N) is 1. The molecule has 10 heteroatoms. The van der Waals surface area contributed by atoms with Gasteiger partial charge in [-0.15, -0.1) is 0 Å². The van der Waals surface area contributed by atoms with Crippen LogP contribution in [0.15, 0.2) is 18.2 Å². The normalized spacial score (nSPS) is 23.5. The molecule has 3 rings (SSSR count). The minimum Gasteiger partial charge on any atom is -0.456 e. The van der Waals surface area contributed by atoms with Gasteiger partial charge in [-0.3, -0.25) is 19.7 Å². The van der Waals surface area contributed by atoms with Crippen molar-refractivity contribution in [1.82, 2.24) is 0 Å². The lowest BCUT2D eigenvalue weighted by atomic mass is 9.86. The van der Waals surface area contributed by atoms with Gasteiger partial charge in [-0.05, 0) is 43.1 Å². The molecule has 152 valence electrons. The van der Waals surface area contributed by atoms with Crippen LogP contribution in [0.4, 0.5) is 24.5 Å². The van der Waals surface area contributed by atoms with Crippen LogP contribution < -0.4 is 5.32 Å². The number of anilines is 1. The second kappa shape index (κ2) is 7.76. The zero-order valence-corrected chi connectivity index (χ0v) is 14.8. The standard InChI is InChI=1S/C18H19F3N2O5/c19-18(20,21)14-8-13(23(26)27)3-4-15(14)22-16(24)9-28-17(25)7-12-6-10-1-2-11(12)5-10/h3-4,8,10-12H,1-2,5-7,9H2,(H,22,24)/t10-,11-,12+/m0/s1. The first-order valence-electron chi connectivity index (χ1n) is 8.94. The topological polar surface area (TPSA) is 98.5 Å². The third kappa shape index (κ3) is 4.60. The fraction of sp³-hybridized carbons (Fsp3) is 0.556. The third-order valence-corrected chi connectivity index (χ3v) is 5.47. The van der Waals surface area contributed by atoms with Crippen molar-refractivity contribution in [2.45, 2.75) is 38.3 Å². The van der Waals surface area contributed by atoms with E-state index in [1.54, 1.807) is 0 Å². The molecule has 0 radical (unpaired) electrons. The smallest absolute Gasteiger partial charge is 0.418 e. The van der Waals surface area contributed by atoms with Crippen LogP contribution in [-0.4, -0.2) is 23.4 Å². The maximum Gasteiger partial charge on any atom is 0.418 e. The number of alkyl halides is 3. The number of nitro groups is 1. The summed E-state index contributed by atoms with van der Waals surface area (Å²) in [6, 6.07) is 2.00. The molecule has 0 spiro atoms. The van der Waals surface area contributed by atoms with Crippen molar-refractivity contribution < 1.29 is 32.4 Å². The van der Waals surface area contributed by atoms with Gasteiger partial charge in [0, 0.05) is 18.6 Å². The molecule has 0 heterocycles. The molecule has 2 fully saturated rings. The summed E-state index contributed by atoms with van der Waals surface area (Å²) < 4.78 is 44.2. The summed E-state index contributed by atoms with van der Waals surface area (Å²) in [7, 11) is 0. The van der Waals surface area contributed by atoms with E-state index in [4.69, 9.17) is 4.74 Å². The Labute approximate surface area is 158 Å². The van der Waals surface area contributed by atoms with Crippen LogP contribution in [0, 0.1) is 27.9 Å². The van der Waals surface area contributed by atoms with Gasteiger partial charge in [0.25, 0.3) is 11.6 Å². The molecule has 1 aromatic rings. The number of ether oxygens (including phenoxy) is 1. The van der Waals surface area contributed by atoms with Gasteiger partial charge in [0.2, 0.25) is 0 Å². The summed E-state index contributed by atoms with van der Waals surface area (Å²) in [5.74, 6) is -0.0660. The highest BCUT2D eigenvalue weighted by Gasteiger charge is 2.40. The summed E-state index contributed by atoms with van der Waals surface area (Å²) in [5.41, 5.74) is -2.72. The Morgan fingerprint density at radius 3 is 2.57 bits per heavy atom. The van der Waals surface area contributed by atoms with E-state index >= 15 is 0 Å². The van der Waals surface area contributed by atoms with Gasteiger partial charge < -0.3 is 10.1 Å². The number of esters is 1. The fourth-order valence-electron chi connectivity index (χ4n) is 4.22. The zero-order chi connectivity index (χ0) is 20.5. The number of halogens is 3. The van der Waals surface area contributed by atoms with Crippen LogP contribution in [0.3, 0.4) is 0 Å². The van der Waals surface area contributed by atoms with Crippen molar-refractivity contribution in [3.63, 3.8) is 0 Å². The van der Waals surface area contributed by atoms with Crippen LogP contribution in [0.25, 0.3) is 0 Å². The van der Waals surface area contributed by atoms with Crippen LogP contribution >= 0.6 is 0 Å². The molecule has 0 aliphatic heterocycles. The van der Waals surface area contributed by atoms with E-state index in [1.165, 1.54) is 6.42 Å². The van der Waals surface area contributed by atoms with Gasteiger partial charge in [-0.2, -0.15) is 13.2 Å². The van der Waals surface area contributed by atoms with Crippen molar-refractivity contribution in [3.8, 4) is 0 Å². The Morgan fingerprint density at radius 1 is 1.25 bits per heavy atom. The number of rotatable bonds is 6. The van der Waals surface area contributed by atoms with Crippen molar-refractivity contribution in [2.24, 2.45) is 17.8 Å². The lowest BCUT2D eigenvalue weighted by molar-refractivity contribution is -0.385. The van der Waals surface area contributed by atoms with E-state index in [1.807, 2.05) is 5.32 Å². The van der Waals surface area contributed by atoms with E-state index in [0.29, 0.717) is 17.9 Å². The van der Waals surface area contributed by atoms with Crippen LogP contribution in [-0.2, 0) is 20.5 Å². The molecule has 3 atom stereocenters. The van der Waals surface area contributed by atoms with Gasteiger partial charge in [-0.1, -0.05) is 6.42 Å². The number of hydrogen-bond acceptors (Lipinski definition) is 5. The SMILES string of the molecule is O=C(COC(=O)C[C@H]1C[C@H]2CC[C@H]1C2)Nc1ccc([N+](=O)[O-])cc1C(F)(F)F. The molecule has 0 saturated heterocycles. The Morgan fingerprint density at radius 2 is 2.00 bits per heavy atom. The molecule has 2 aliphatic carbocycles. The van der Waals surface area contributed by atoms with E-state index in [2.05, 4.69) is 0 Å². The Hall–Kier alpha value is -2.65. The molecule has 0 aromatic heterocycles. The third-order valence-electron chi connectivity index (χ3n) is 5.47. The van der Waals surface area contributed by atoms with Crippen molar-refractivity contribution in [2.75, 3.05) is 11.9 Å². The molecule has 1 amide bonds. The summed E-state index contributed by atoms with van der Waals surface area (Å²) >= 11 is 0. The highest BCUT2D eigenvalue weighted by Crippen LogP contribution is 2.49. The van der Waals surface area contributed by atoms with E-state index in [-0.39, 0.29) is 12.3 Å². The van der Waals surface area contributed by atoms with Crippen molar-refractivity contribution >= 4 is 23.3 Å². The number of hydrogen-bond donors (Lipinski definition) is 1. The van der Waals surface area contributed by atoms with Crippen LogP contribution in [0.2, 0.25) is 0 Å². The summed E-state index contributed by atoms with van der Waals surface area (Å²) in [4.78, 5) is 33.5. The predicted molar refractivity (Wildman–Crippen MR) is 91.2 cm³/mol. The second-order valence-electron chi connectivity index (χ2n) is 7.33. The molecule has 2 aliphatic rings. The molecule has 1 N–H and O–H groups in total. The minimum absolute atomic E-state index is 0.208. The minimum atomic E-state index is -4.90. The number of non-ortho nitro benzene ring substituents is 1. The quantitative estimate of drug-likeness (QED) is 0.443. The molecule has 1 aromatic carbocycles. The monoisotopic (exact) mass is 400 g/mol. The lowest BCUT2D eigenvalue weighted by Crippen LogP contribution is -2.24. The number of amides is 1. The van der Waals surface area contributed by atoms with Gasteiger partial charge >= 0.3 is 12.1 Å². The largest absolute Gasteiger partial charge is 0.456 e. The highest BCUT2D eigenvalue weighted by molar-refractivity contribution is 5.93. The Balaban J connectivity index is 1.55. The maximum atomic E-state index is 13.1. The van der Waals surface area contributed by atoms with Crippen LogP contribution in [0.1, 0.15) is 37.7 Å². The molecular formula is C18H19F3N2O5. The number of fused-ring (bicyclic) bond motifs is 2. The first-order chi connectivity index (χ1) is 13.1. The zero-order valence-electron chi connectivity index (χ0n) is 14.8. The number of nitro benzene ring substituents is 1. The number of carbonyl (C=O) groups excluding carboxylic acids is 2. The molecule has 0 unspecified atom stereocenters. The van der Waals surface area contributed by atoms with E-state index < -0.39 is 46.5 Å². The fourth-order valence-corrected chi connectivity index (χ4v) is 4.22. The van der Waals surface area contributed by atoms with E-state index in [9.17, 15) is 32.9 Å². The molecule has 28 heavy (non-hydrogen) atoms. The number of carbonyl (C=O) groups is 2. The van der Waals surface area contributed by atoms with Gasteiger partial charge in [0.15, 0.2) is 6.61 Å². The summed E-state index contributed by atoms with van der Waals surface area (Å²) in [6.07, 6.45) is -0.297. The second-order valence-corrected chi connectivity index (χ2v) is 7.33. The molecule has 2 bridgehead atoms.